The lowest BCUT2D eigenvalue weighted by atomic mass is 10.1. The maximum Gasteiger partial charge on any atom is 0.196 e. The number of nitrogens with zero attached hydrogens (tertiary/aromatic N) is 3. The lowest BCUT2D eigenvalue weighted by Gasteiger charge is -2.31. The number of benzene rings is 3. The molecule has 0 spiro atoms. The Labute approximate surface area is 177 Å². The molecule has 0 radical (unpaired) electrons. The second-order valence-corrected chi connectivity index (χ2v) is 7.19. The largest absolute Gasteiger partial charge is 0.490 e. The molecule has 0 saturated carbocycles. The highest BCUT2D eigenvalue weighted by atomic mass is 16.5. The van der Waals surface area contributed by atoms with Crippen molar-refractivity contribution in [3.63, 3.8) is 0 Å². The summed E-state index contributed by atoms with van der Waals surface area (Å²) in [5.74, 6) is 1.51. The van der Waals surface area contributed by atoms with Gasteiger partial charge in [0.1, 0.15) is 25.4 Å². The standard InChI is InChI=1S/C25H24N3O2/c1-2-29-24-9-5-6-10-25(24)30-16-15-28(18-21-13-11-20(17-26)12-14-21)19-27-22-7-3-4-8-23(22)28/h3-14,19H,2,15-16,18H2,1H3/q+1. The first kappa shape index (κ1) is 19.7. The summed E-state index contributed by atoms with van der Waals surface area (Å²) in [7, 11) is 0. The van der Waals surface area contributed by atoms with E-state index in [9.17, 15) is 0 Å². The number of aliphatic imine (C=N–C) groups is 1. The van der Waals surface area contributed by atoms with E-state index in [1.165, 1.54) is 0 Å². The van der Waals surface area contributed by atoms with Gasteiger partial charge >= 0.3 is 0 Å². The fraction of sp³-hybridized carbons (Fsp3) is 0.200. The van der Waals surface area contributed by atoms with Gasteiger partial charge in [-0.25, -0.2) is 4.48 Å². The summed E-state index contributed by atoms with van der Waals surface area (Å²) in [6.45, 7) is 4.54. The number of rotatable bonds is 8. The van der Waals surface area contributed by atoms with Crippen molar-refractivity contribution in [2.75, 3.05) is 19.8 Å². The summed E-state index contributed by atoms with van der Waals surface area (Å²) >= 11 is 0. The monoisotopic (exact) mass is 398 g/mol. The minimum Gasteiger partial charge on any atom is -0.490 e. The normalized spacial score (nSPS) is 16.7. The van der Waals surface area contributed by atoms with E-state index >= 15 is 0 Å². The van der Waals surface area contributed by atoms with E-state index in [0.29, 0.717) is 23.3 Å². The summed E-state index contributed by atoms with van der Waals surface area (Å²) in [6.07, 6.45) is 2.00. The van der Waals surface area contributed by atoms with Crippen LogP contribution in [0.1, 0.15) is 18.1 Å². The molecule has 4 rings (SSSR count). The Morgan fingerprint density at radius 1 is 0.900 bits per heavy atom. The molecule has 5 nitrogen and oxygen atoms in total. The van der Waals surface area contributed by atoms with Crippen LogP contribution in [0.15, 0.2) is 77.8 Å². The molecule has 0 bridgehead atoms. The molecule has 1 aliphatic rings. The van der Waals surface area contributed by atoms with E-state index in [2.05, 4.69) is 17.1 Å². The van der Waals surface area contributed by atoms with Crippen molar-refractivity contribution in [3.05, 3.63) is 83.9 Å². The molecular weight excluding hydrogens is 374 g/mol. The van der Waals surface area contributed by atoms with E-state index in [1.54, 1.807) is 0 Å². The van der Waals surface area contributed by atoms with Gasteiger partial charge in [-0.3, -0.25) is 0 Å². The maximum absolute atomic E-state index is 9.08. The van der Waals surface area contributed by atoms with Crippen LogP contribution >= 0.6 is 0 Å². The van der Waals surface area contributed by atoms with E-state index in [-0.39, 0.29) is 0 Å². The number of ether oxygens (including phenoxy) is 2. The predicted molar refractivity (Wildman–Crippen MR) is 119 cm³/mol. The molecule has 3 aromatic carbocycles. The highest BCUT2D eigenvalue weighted by Crippen LogP contribution is 2.39. The Bertz CT molecular complexity index is 1090. The molecule has 1 unspecified atom stereocenters. The van der Waals surface area contributed by atoms with Gasteiger partial charge in [-0.15, -0.1) is 0 Å². The summed E-state index contributed by atoms with van der Waals surface area (Å²) in [5, 5.41) is 9.08. The van der Waals surface area contributed by atoms with Crippen molar-refractivity contribution in [2.24, 2.45) is 4.99 Å². The topological polar surface area (TPSA) is 54.6 Å². The van der Waals surface area contributed by atoms with Crippen LogP contribution in [0.4, 0.5) is 11.4 Å². The molecule has 0 aliphatic carbocycles. The summed E-state index contributed by atoms with van der Waals surface area (Å²) in [6, 6.07) is 25.9. The number of quaternary nitrogens is 1. The lowest BCUT2D eigenvalue weighted by Crippen LogP contribution is -2.48. The highest BCUT2D eigenvalue weighted by Gasteiger charge is 2.36. The Morgan fingerprint density at radius 2 is 1.60 bits per heavy atom. The summed E-state index contributed by atoms with van der Waals surface area (Å²) in [5.41, 5.74) is 3.95. The molecular formula is C25H24N3O2+. The number of nitriles is 1. The van der Waals surface area contributed by atoms with Gasteiger partial charge in [0.15, 0.2) is 23.5 Å². The molecule has 150 valence electrons. The van der Waals surface area contributed by atoms with Gasteiger partial charge in [-0.05, 0) is 37.3 Å². The molecule has 30 heavy (non-hydrogen) atoms. The molecule has 3 aromatic rings. The highest BCUT2D eigenvalue weighted by molar-refractivity contribution is 5.88. The Kier molecular flexibility index (Phi) is 5.78. The minimum atomic E-state index is 0.515. The van der Waals surface area contributed by atoms with Crippen molar-refractivity contribution in [1.82, 2.24) is 4.48 Å². The van der Waals surface area contributed by atoms with Crippen molar-refractivity contribution in [2.45, 2.75) is 13.5 Å². The van der Waals surface area contributed by atoms with Gasteiger partial charge < -0.3 is 9.47 Å². The molecule has 0 N–H and O–H groups in total. The van der Waals surface area contributed by atoms with Crippen LogP contribution in [0.2, 0.25) is 0 Å². The summed E-state index contributed by atoms with van der Waals surface area (Å²) in [4.78, 5) is 4.67. The van der Waals surface area contributed by atoms with Gasteiger partial charge in [0.2, 0.25) is 0 Å². The van der Waals surface area contributed by atoms with Crippen LogP contribution < -0.4 is 14.0 Å². The first-order valence-electron chi connectivity index (χ1n) is 10.1. The van der Waals surface area contributed by atoms with Crippen LogP contribution in [0, 0.1) is 11.3 Å². The molecule has 0 fully saturated rings. The fourth-order valence-electron chi connectivity index (χ4n) is 3.74. The third-order valence-electron chi connectivity index (χ3n) is 5.22. The average molecular weight is 398 g/mol. The number of hydrogen-bond acceptors (Lipinski definition) is 4. The molecule has 0 aromatic heterocycles. The quantitative estimate of drug-likeness (QED) is 0.489. The maximum atomic E-state index is 9.08. The SMILES string of the molecule is CCOc1ccccc1OCC[N+]1(Cc2ccc(C#N)cc2)C=Nc2ccccc21. The van der Waals surface area contributed by atoms with Crippen LogP contribution in [0.3, 0.4) is 0 Å². The first-order valence-corrected chi connectivity index (χ1v) is 10.1. The van der Waals surface area contributed by atoms with Crippen molar-refractivity contribution in [3.8, 4) is 17.6 Å². The Hall–Kier alpha value is -3.62. The second-order valence-electron chi connectivity index (χ2n) is 7.19. The second kappa shape index (κ2) is 8.81. The minimum absolute atomic E-state index is 0.515. The smallest absolute Gasteiger partial charge is 0.196 e. The van der Waals surface area contributed by atoms with Crippen LogP contribution in [-0.4, -0.2) is 26.1 Å². The molecule has 1 atom stereocenters. The van der Waals surface area contributed by atoms with E-state index in [0.717, 1.165) is 41.5 Å². The van der Waals surface area contributed by atoms with E-state index in [4.69, 9.17) is 14.7 Å². The molecule has 5 heteroatoms. The van der Waals surface area contributed by atoms with Crippen LogP contribution in [0.25, 0.3) is 0 Å². The zero-order chi connectivity index (χ0) is 20.8. The van der Waals surface area contributed by atoms with Gasteiger partial charge in [0.05, 0.1) is 18.2 Å². The number of hydrogen-bond donors (Lipinski definition) is 0. The third kappa shape index (κ3) is 4.05. The van der Waals surface area contributed by atoms with E-state index in [1.807, 2.05) is 80.0 Å². The molecule has 1 heterocycles. The van der Waals surface area contributed by atoms with Gasteiger partial charge in [0, 0.05) is 11.6 Å². The Morgan fingerprint density at radius 3 is 2.33 bits per heavy atom. The number of fused-ring (bicyclic) bond motifs is 1. The zero-order valence-electron chi connectivity index (χ0n) is 17.0. The van der Waals surface area contributed by atoms with Crippen molar-refractivity contribution >= 4 is 17.7 Å². The van der Waals surface area contributed by atoms with Gasteiger partial charge in [-0.1, -0.05) is 36.4 Å². The van der Waals surface area contributed by atoms with E-state index < -0.39 is 0 Å². The average Bonchev–Trinajstić information content (AvgIpc) is 3.14. The van der Waals surface area contributed by atoms with Gasteiger partial charge in [0.25, 0.3) is 0 Å². The number of para-hydroxylation sites is 4. The third-order valence-corrected chi connectivity index (χ3v) is 5.22. The Balaban J connectivity index is 1.56. The van der Waals surface area contributed by atoms with Crippen molar-refractivity contribution < 1.29 is 9.47 Å². The predicted octanol–water partition coefficient (Wildman–Crippen LogP) is 5.22. The molecule has 0 amide bonds. The fourth-order valence-corrected chi connectivity index (χ4v) is 3.74. The first-order chi connectivity index (χ1) is 14.7. The summed E-state index contributed by atoms with van der Waals surface area (Å²) < 4.78 is 12.4. The zero-order valence-corrected chi connectivity index (χ0v) is 17.0. The van der Waals surface area contributed by atoms with Crippen LogP contribution in [-0.2, 0) is 6.54 Å². The van der Waals surface area contributed by atoms with Crippen molar-refractivity contribution in [1.29, 1.82) is 5.26 Å². The lowest BCUT2D eigenvalue weighted by molar-refractivity contribution is 0.250. The molecule has 0 saturated heterocycles. The van der Waals surface area contributed by atoms with Gasteiger partial charge in [-0.2, -0.15) is 10.3 Å². The van der Waals surface area contributed by atoms with Crippen LogP contribution in [0.5, 0.6) is 11.5 Å². The molecule has 1 aliphatic heterocycles.